The molecule has 4 aromatic rings. The average molecular weight is 569 g/mol. The van der Waals surface area contributed by atoms with Crippen molar-refractivity contribution in [2.24, 2.45) is 0 Å². The first-order valence-electron chi connectivity index (χ1n) is 14.5. The molecule has 8 nitrogen and oxygen atoms in total. The van der Waals surface area contributed by atoms with Gasteiger partial charge in [0.15, 0.2) is 5.82 Å². The van der Waals surface area contributed by atoms with Crippen LogP contribution in [0, 0.1) is 18.2 Å². The first kappa shape index (κ1) is 25.6. The van der Waals surface area contributed by atoms with Crippen LogP contribution in [0.5, 0.6) is 11.8 Å². The number of fused-ring (bicyclic) bond motifs is 5. The van der Waals surface area contributed by atoms with Gasteiger partial charge in [0.1, 0.15) is 35.6 Å². The highest BCUT2D eigenvalue weighted by atomic mass is 19.1. The lowest BCUT2D eigenvalue weighted by atomic mass is 9.91. The molecule has 10 heteroatoms. The number of rotatable bonds is 5. The number of piperidine rings is 1. The van der Waals surface area contributed by atoms with E-state index < -0.39 is 12.0 Å². The van der Waals surface area contributed by atoms with E-state index >= 15 is 4.39 Å². The number of terminal acetylenes is 1. The Hall–Kier alpha value is -4.07. The van der Waals surface area contributed by atoms with Crippen LogP contribution in [0.3, 0.4) is 0 Å². The third kappa shape index (κ3) is 3.98. The maximum atomic E-state index is 16.6. The molecule has 4 atom stereocenters. The summed E-state index contributed by atoms with van der Waals surface area (Å²) in [5.74, 6) is 2.57. The molecule has 0 saturated carbocycles. The summed E-state index contributed by atoms with van der Waals surface area (Å²) in [4.78, 5) is 18.2. The first-order chi connectivity index (χ1) is 20.4. The number of ether oxygens (including phenoxy) is 1. The monoisotopic (exact) mass is 568 g/mol. The van der Waals surface area contributed by atoms with Crippen molar-refractivity contribution in [2.75, 3.05) is 37.7 Å². The van der Waals surface area contributed by atoms with Gasteiger partial charge in [-0.2, -0.15) is 9.97 Å². The number of hydrogen-bond acceptors (Lipinski definition) is 8. The second-order valence-electron chi connectivity index (χ2n) is 12.1. The molecule has 2 aromatic heterocycles. The summed E-state index contributed by atoms with van der Waals surface area (Å²) < 4.78 is 37.3. The molecule has 0 amide bonds. The molecular formula is C32H30F2N6O2. The number of alkyl halides is 1. The van der Waals surface area contributed by atoms with Crippen LogP contribution in [-0.4, -0.2) is 81.5 Å². The van der Waals surface area contributed by atoms with E-state index in [2.05, 4.69) is 31.0 Å². The molecule has 9 rings (SSSR count). The molecule has 5 fully saturated rings. The fourth-order valence-corrected chi connectivity index (χ4v) is 7.57. The smallest absolute Gasteiger partial charge is 0.319 e. The van der Waals surface area contributed by atoms with Gasteiger partial charge in [0.05, 0.1) is 10.9 Å². The second kappa shape index (κ2) is 9.48. The lowest BCUT2D eigenvalue weighted by molar-refractivity contribution is 0.107. The molecule has 0 aliphatic carbocycles. The van der Waals surface area contributed by atoms with Crippen LogP contribution >= 0.6 is 0 Å². The number of aromatic hydroxyl groups is 1. The minimum atomic E-state index is -0.884. The summed E-state index contributed by atoms with van der Waals surface area (Å²) in [6.07, 6.45) is 9.86. The van der Waals surface area contributed by atoms with Crippen LogP contribution in [0.25, 0.3) is 32.9 Å². The zero-order chi connectivity index (χ0) is 28.6. The highest BCUT2D eigenvalue weighted by Gasteiger charge is 2.49. The van der Waals surface area contributed by atoms with Gasteiger partial charge in [-0.05, 0) is 49.4 Å². The van der Waals surface area contributed by atoms with E-state index in [1.165, 1.54) is 6.07 Å². The van der Waals surface area contributed by atoms with Crippen molar-refractivity contribution in [3.05, 3.63) is 47.9 Å². The number of phenolic OH excluding ortho intramolecular Hbond substituents is 1. The van der Waals surface area contributed by atoms with E-state index in [9.17, 15) is 9.50 Å². The van der Waals surface area contributed by atoms with Crippen LogP contribution in [0.2, 0.25) is 0 Å². The van der Waals surface area contributed by atoms with Gasteiger partial charge in [0, 0.05) is 60.8 Å². The Bertz CT molecular complexity index is 1780. The summed E-state index contributed by atoms with van der Waals surface area (Å²) in [5, 5.41) is 15.8. The van der Waals surface area contributed by atoms with Gasteiger partial charge in [-0.3, -0.25) is 9.88 Å². The Kier molecular flexibility index (Phi) is 5.78. The molecule has 214 valence electrons. The van der Waals surface area contributed by atoms with Crippen LogP contribution in [-0.2, 0) is 0 Å². The van der Waals surface area contributed by atoms with E-state index in [1.54, 1.807) is 24.4 Å². The fraction of sp³-hybridized carbons (Fsp3) is 0.406. The SMILES string of the molecule is C#Cc1cccc2cc(O)cc(-c3ncc4c(N5CC6CC(C5)N6)nc(OC[C@@]56CCCN5C[C@H](F)C6)nc4c3F)c12. The maximum Gasteiger partial charge on any atom is 0.319 e. The van der Waals surface area contributed by atoms with Crippen LogP contribution in [0.1, 0.15) is 31.2 Å². The molecule has 2 bridgehead atoms. The Balaban J connectivity index is 1.26. The minimum Gasteiger partial charge on any atom is -0.508 e. The molecule has 5 saturated heterocycles. The lowest BCUT2D eigenvalue weighted by Crippen LogP contribution is -2.67. The van der Waals surface area contributed by atoms with Crippen molar-refractivity contribution < 1.29 is 18.6 Å². The van der Waals surface area contributed by atoms with Gasteiger partial charge in [0.2, 0.25) is 0 Å². The number of hydrogen-bond donors (Lipinski definition) is 2. The molecule has 0 radical (unpaired) electrons. The van der Waals surface area contributed by atoms with Crippen molar-refractivity contribution in [1.29, 1.82) is 0 Å². The molecule has 2 aromatic carbocycles. The summed E-state index contributed by atoms with van der Waals surface area (Å²) in [5.41, 5.74) is 0.672. The number of nitrogens with one attached hydrogen (secondary N) is 1. The third-order valence-electron chi connectivity index (χ3n) is 9.47. The van der Waals surface area contributed by atoms with Crippen molar-refractivity contribution in [3.8, 4) is 35.4 Å². The van der Waals surface area contributed by atoms with E-state index in [0.29, 0.717) is 58.2 Å². The first-order valence-corrected chi connectivity index (χ1v) is 14.5. The van der Waals surface area contributed by atoms with E-state index in [4.69, 9.17) is 16.1 Å². The van der Waals surface area contributed by atoms with Gasteiger partial charge < -0.3 is 20.1 Å². The normalized spacial score (nSPS) is 26.8. The summed E-state index contributed by atoms with van der Waals surface area (Å²) in [6, 6.07) is 9.23. The Morgan fingerprint density at radius 1 is 1.19 bits per heavy atom. The van der Waals surface area contributed by atoms with Crippen molar-refractivity contribution in [2.45, 2.75) is 49.5 Å². The van der Waals surface area contributed by atoms with Gasteiger partial charge >= 0.3 is 6.01 Å². The highest BCUT2D eigenvalue weighted by Crippen LogP contribution is 2.42. The number of phenols is 1. The van der Waals surface area contributed by atoms with Gasteiger partial charge in [-0.25, -0.2) is 8.78 Å². The highest BCUT2D eigenvalue weighted by molar-refractivity contribution is 6.02. The predicted molar refractivity (Wildman–Crippen MR) is 156 cm³/mol. The number of benzene rings is 2. The number of piperazine rings is 1. The van der Waals surface area contributed by atoms with Crippen LogP contribution in [0.15, 0.2) is 36.5 Å². The standard InChI is InChI=1S/C32H30F2N6O2/c1-2-18-5-3-6-19-9-23(41)11-24(26(18)19)28-27(34)29-25(13-35-28)30(39-15-21-10-22(16-39)36-21)38-31(37-29)42-17-32-7-4-8-40(32)14-20(33)12-32/h1,3,5-6,9,11,13,20-22,36,41H,4,7-8,10,12,14-17H2/t20-,21?,22?,32+/m1/s1. The molecule has 7 heterocycles. The summed E-state index contributed by atoms with van der Waals surface area (Å²) >= 11 is 0. The van der Waals surface area contributed by atoms with E-state index in [0.717, 1.165) is 38.9 Å². The zero-order valence-electron chi connectivity index (χ0n) is 23.0. The van der Waals surface area contributed by atoms with Gasteiger partial charge in [-0.15, -0.1) is 6.42 Å². The largest absolute Gasteiger partial charge is 0.508 e. The average Bonchev–Trinajstić information content (AvgIpc) is 3.50. The number of halogens is 2. The number of nitrogens with zero attached hydrogens (tertiary/aromatic N) is 5. The second-order valence-corrected chi connectivity index (χ2v) is 12.1. The molecule has 42 heavy (non-hydrogen) atoms. The molecule has 2 unspecified atom stereocenters. The number of anilines is 1. The quantitative estimate of drug-likeness (QED) is 0.347. The fourth-order valence-electron chi connectivity index (χ4n) is 7.57. The van der Waals surface area contributed by atoms with E-state index in [1.807, 2.05) is 6.07 Å². The maximum absolute atomic E-state index is 16.6. The Morgan fingerprint density at radius 3 is 2.83 bits per heavy atom. The predicted octanol–water partition coefficient (Wildman–Crippen LogP) is 4.18. The summed E-state index contributed by atoms with van der Waals surface area (Å²) in [7, 11) is 0. The topological polar surface area (TPSA) is 86.6 Å². The number of aromatic nitrogens is 3. The van der Waals surface area contributed by atoms with Gasteiger partial charge in [-0.1, -0.05) is 18.1 Å². The lowest BCUT2D eigenvalue weighted by Gasteiger charge is -2.48. The molecule has 5 aliphatic rings. The Morgan fingerprint density at radius 2 is 2.02 bits per heavy atom. The van der Waals surface area contributed by atoms with Crippen LogP contribution < -0.4 is 15.0 Å². The molecular weight excluding hydrogens is 538 g/mol. The minimum absolute atomic E-state index is 0.0245. The van der Waals surface area contributed by atoms with Crippen molar-refractivity contribution >= 4 is 27.5 Å². The van der Waals surface area contributed by atoms with Crippen molar-refractivity contribution in [1.82, 2.24) is 25.2 Å². The zero-order valence-corrected chi connectivity index (χ0v) is 23.0. The third-order valence-corrected chi connectivity index (χ3v) is 9.47. The molecule has 2 N–H and O–H groups in total. The van der Waals surface area contributed by atoms with E-state index in [-0.39, 0.29) is 35.1 Å². The molecule has 5 aliphatic heterocycles. The van der Waals surface area contributed by atoms with Crippen LogP contribution in [0.4, 0.5) is 14.6 Å². The Labute approximate surface area is 241 Å². The van der Waals surface area contributed by atoms with Crippen molar-refractivity contribution in [3.63, 3.8) is 0 Å². The molecule has 0 spiro atoms. The summed E-state index contributed by atoms with van der Waals surface area (Å²) in [6.45, 7) is 2.97. The number of pyridine rings is 1. The van der Waals surface area contributed by atoms with Gasteiger partial charge in [0.25, 0.3) is 0 Å².